The van der Waals surface area contributed by atoms with Crippen LogP contribution in [0.3, 0.4) is 0 Å². The Bertz CT molecular complexity index is 1160. The molecule has 0 radical (unpaired) electrons. The third-order valence-corrected chi connectivity index (χ3v) is 8.00. The number of benzene rings is 1. The van der Waals surface area contributed by atoms with E-state index in [9.17, 15) is 15.2 Å². The number of rotatable bonds is 3. The average Bonchev–Trinajstić information content (AvgIpc) is 3.22. The van der Waals surface area contributed by atoms with Gasteiger partial charge in [-0.1, -0.05) is 19.9 Å². The minimum absolute atomic E-state index is 0.0328. The summed E-state index contributed by atoms with van der Waals surface area (Å²) < 4.78 is 0. The van der Waals surface area contributed by atoms with Crippen molar-refractivity contribution >= 4 is 11.9 Å². The van der Waals surface area contributed by atoms with Crippen LogP contribution < -0.4 is 5.73 Å². The molecule has 33 heavy (non-hydrogen) atoms. The van der Waals surface area contributed by atoms with Crippen LogP contribution in [0.2, 0.25) is 0 Å². The van der Waals surface area contributed by atoms with E-state index in [2.05, 4.69) is 11.1 Å². The number of hydrogen-bond acceptors (Lipinski definition) is 6. The molecule has 1 fully saturated rings. The molecule has 2 aliphatic carbocycles. The Hall–Kier alpha value is -3.24. The fourth-order valence-electron chi connectivity index (χ4n) is 6.58. The SMILES string of the molecule is C[C@@H]1C[C@@]2(Cc3ccc(C#N)cc3C23N=C(N)N(CCc2ccncc2)C3=O)C[C@H](C)[C@H]1O. The Balaban J connectivity index is 1.60. The number of amides is 1. The number of aliphatic hydroxyl groups excluding tert-OH is 1. The number of guanidine groups is 1. The van der Waals surface area contributed by atoms with Gasteiger partial charge in [0.2, 0.25) is 0 Å². The van der Waals surface area contributed by atoms with Gasteiger partial charge in [0.05, 0.1) is 17.7 Å². The molecule has 2 aromatic rings. The third-order valence-electron chi connectivity index (χ3n) is 8.00. The zero-order chi connectivity index (χ0) is 23.4. The molecule has 1 amide bonds. The lowest BCUT2D eigenvalue weighted by molar-refractivity contribution is -0.141. The normalized spacial score (nSPS) is 32.8. The smallest absolute Gasteiger partial charge is 0.262 e. The van der Waals surface area contributed by atoms with Gasteiger partial charge < -0.3 is 10.8 Å². The van der Waals surface area contributed by atoms with Crippen molar-refractivity contribution < 1.29 is 9.90 Å². The molecule has 1 aromatic carbocycles. The molecule has 5 rings (SSSR count). The van der Waals surface area contributed by atoms with E-state index in [0.29, 0.717) is 37.8 Å². The summed E-state index contributed by atoms with van der Waals surface area (Å²) in [6.07, 6.45) is 5.75. The summed E-state index contributed by atoms with van der Waals surface area (Å²) in [5.41, 5.74) is 8.23. The van der Waals surface area contributed by atoms with Crippen LogP contribution >= 0.6 is 0 Å². The molecule has 1 aromatic heterocycles. The van der Waals surface area contributed by atoms with E-state index in [1.165, 1.54) is 0 Å². The number of aliphatic imine (C=N–C) groups is 1. The summed E-state index contributed by atoms with van der Waals surface area (Å²) in [6, 6.07) is 11.7. The zero-order valence-electron chi connectivity index (χ0n) is 19.0. The number of carbonyl (C=O) groups excluding carboxylic acids is 1. The lowest BCUT2D eigenvalue weighted by atomic mass is 9.56. The van der Waals surface area contributed by atoms with Crippen LogP contribution in [-0.4, -0.2) is 39.5 Å². The first-order valence-corrected chi connectivity index (χ1v) is 11.6. The minimum atomic E-state index is -1.15. The monoisotopic (exact) mass is 443 g/mol. The number of nitriles is 1. The number of nitrogens with two attached hydrogens (primary N) is 1. The van der Waals surface area contributed by atoms with Crippen molar-refractivity contribution in [2.24, 2.45) is 28.0 Å². The maximum Gasteiger partial charge on any atom is 0.262 e. The van der Waals surface area contributed by atoms with E-state index >= 15 is 0 Å². The van der Waals surface area contributed by atoms with E-state index in [1.807, 2.05) is 44.2 Å². The summed E-state index contributed by atoms with van der Waals surface area (Å²) in [7, 11) is 0. The largest absolute Gasteiger partial charge is 0.393 e. The molecule has 7 heteroatoms. The molecule has 170 valence electrons. The van der Waals surface area contributed by atoms with E-state index in [1.54, 1.807) is 17.3 Å². The van der Waals surface area contributed by atoms with Gasteiger partial charge in [-0.25, -0.2) is 4.99 Å². The molecule has 0 bridgehead atoms. The molecular formula is C26H29N5O2. The first-order chi connectivity index (χ1) is 15.8. The van der Waals surface area contributed by atoms with Crippen LogP contribution in [0.4, 0.5) is 0 Å². The average molecular weight is 444 g/mol. The van der Waals surface area contributed by atoms with Crippen LogP contribution in [0.1, 0.15) is 48.9 Å². The highest BCUT2D eigenvalue weighted by Crippen LogP contribution is 2.63. The predicted octanol–water partition coefficient (Wildman–Crippen LogP) is 2.52. The quantitative estimate of drug-likeness (QED) is 0.756. The van der Waals surface area contributed by atoms with Crippen molar-refractivity contribution in [2.45, 2.75) is 51.2 Å². The van der Waals surface area contributed by atoms with Gasteiger partial charge in [-0.15, -0.1) is 0 Å². The van der Waals surface area contributed by atoms with E-state index < -0.39 is 17.1 Å². The molecule has 2 spiro atoms. The molecule has 7 nitrogen and oxygen atoms in total. The Morgan fingerprint density at radius 2 is 1.91 bits per heavy atom. The molecule has 1 saturated carbocycles. The fourth-order valence-corrected chi connectivity index (χ4v) is 6.58. The maximum atomic E-state index is 14.3. The number of fused-ring (bicyclic) bond motifs is 3. The van der Waals surface area contributed by atoms with Crippen LogP contribution in [0.5, 0.6) is 0 Å². The van der Waals surface area contributed by atoms with Gasteiger partial charge in [0, 0.05) is 24.4 Å². The van der Waals surface area contributed by atoms with Crippen LogP contribution in [-0.2, 0) is 23.2 Å². The number of aromatic nitrogens is 1. The number of hydrogen-bond donors (Lipinski definition) is 2. The second-order valence-electron chi connectivity index (χ2n) is 10.0. The van der Waals surface area contributed by atoms with E-state index in [-0.39, 0.29) is 23.7 Å². The van der Waals surface area contributed by atoms with Gasteiger partial charge in [0.25, 0.3) is 5.91 Å². The minimum Gasteiger partial charge on any atom is -0.393 e. The van der Waals surface area contributed by atoms with Crippen molar-refractivity contribution in [3.63, 3.8) is 0 Å². The summed E-state index contributed by atoms with van der Waals surface area (Å²) in [6.45, 7) is 4.53. The molecule has 3 aliphatic rings. The van der Waals surface area contributed by atoms with Gasteiger partial charge in [0.1, 0.15) is 0 Å². The Morgan fingerprint density at radius 1 is 1.21 bits per heavy atom. The van der Waals surface area contributed by atoms with Crippen LogP contribution in [0.15, 0.2) is 47.7 Å². The number of aliphatic hydroxyl groups is 1. The van der Waals surface area contributed by atoms with Gasteiger partial charge in [-0.3, -0.25) is 14.7 Å². The van der Waals surface area contributed by atoms with Crippen molar-refractivity contribution in [2.75, 3.05) is 6.54 Å². The van der Waals surface area contributed by atoms with E-state index in [4.69, 9.17) is 10.7 Å². The van der Waals surface area contributed by atoms with Crippen molar-refractivity contribution in [1.29, 1.82) is 5.26 Å². The van der Waals surface area contributed by atoms with Gasteiger partial charge in [-0.2, -0.15) is 5.26 Å². The third kappa shape index (κ3) is 3.08. The van der Waals surface area contributed by atoms with Gasteiger partial charge >= 0.3 is 0 Å². The Labute approximate surface area is 194 Å². The summed E-state index contributed by atoms with van der Waals surface area (Å²) >= 11 is 0. The first-order valence-electron chi connectivity index (χ1n) is 11.6. The number of nitrogens with zero attached hydrogens (tertiary/aromatic N) is 4. The number of carbonyl (C=O) groups is 1. The maximum absolute atomic E-state index is 14.3. The fraction of sp³-hybridized carbons (Fsp3) is 0.462. The highest BCUT2D eigenvalue weighted by atomic mass is 16.3. The first kappa shape index (κ1) is 21.6. The second-order valence-corrected chi connectivity index (χ2v) is 10.0. The molecular weight excluding hydrogens is 414 g/mol. The van der Waals surface area contributed by atoms with E-state index in [0.717, 1.165) is 16.7 Å². The van der Waals surface area contributed by atoms with Crippen molar-refractivity contribution in [1.82, 2.24) is 9.88 Å². The van der Waals surface area contributed by atoms with Crippen LogP contribution in [0, 0.1) is 28.6 Å². The zero-order valence-corrected chi connectivity index (χ0v) is 19.0. The second kappa shape index (κ2) is 7.67. The highest BCUT2D eigenvalue weighted by Gasteiger charge is 2.68. The van der Waals surface area contributed by atoms with Crippen LogP contribution in [0.25, 0.3) is 0 Å². The molecule has 5 atom stereocenters. The highest BCUT2D eigenvalue weighted by molar-refractivity contribution is 6.08. The standard InChI is InChI=1S/C26H29N5O2/c1-16-12-25(13-17(2)22(16)32)14-20-4-3-19(15-27)11-21(20)26(25)23(33)31(24(28)30-26)10-7-18-5-8-29-9-6-18/h3-6,8-9,11,16-17,22,32H,7,10,12-14H2,1-2H3,(H2,28,30)/t16-,17+,22+,25+,26?. The Kier molecular flexibility index (Phi) is 5.02. The molecule has 1 unspecified atom stereocenters. The molecule has 1 aliphatic heterocycles. The molecule has 0 saturated heterocycles. The van der Waals surface area contributed by atoms with Crippen molar-refractivity contribution in [3.05, 3.63) is 65.0 Å². The topological polar surface area (TPSA) is 116 Å². The predicted molar refractivity (Wildman–Crippen MR) is 124 cm³/mol. The molecule has 2 heterocycles. The van der Waals surface area contributed by atoms with Gasteiger partial charge in [-0.05, 0) is 78.5 Å². The Morgan fingerprint density at radius 3 is 2.58 bits per heavy atom. The molecule has 3 N–H and O–H groups in total. The lowest BCUT2D eigenvalue weighted by Crippen LogP contribution is -2.55. The summed E-state index contributed by atoms with van der Waals surface area (Å²) in [5, 5.41) is 20.3. The number of pyridine rings is 1. The van der Waals surface area contributed by atoms with Crippen molar-refractivity contribution in [3.8, 4) is 6.07 Å². The lowest BCUT2D eigenvalue weighted by Gasteiger charge is -2.49. The summed E-state index contributed by atoms with van der Waals surface area (Å²) in [4.78, 5) is 24.9. The van der Waals surface area contributed by atoms with Gasteiger partial charge in [0.15, 0.2) is 11.5 Å². The summed E-state index contributed by atoms with van der Waals surface area (Å²) in [5.74, 6) is 0.185.